The molecule has 3 heteroatoms. The van der Waals surface area contributed by atoms with Crippen LogP contribution in [0.3, 0.4) is 0 Å². The SMILES string of the molecule is Nc1ccccc1NC(=O)CC1CCCc2ccccc21. The summed E-state index contributed by atoms with van der Waals surface area (Å²) in [4.78, 5) is 12.3. The molecular formula is C18H20N2O. The first kappa shape index (κ1) is 13.7. The van der Waals surface area contributed by atoms with Gasteiger partial charge in [-0.1, -0.05) is 36.4 Å². The number of nitrogen functional groups attached to an aromatic ring is 1. The van der Waals surface area contributed by atoms with E-state index in [4.69, 9.17) is 5.73 Å². The molecule has 2 aromatic carbocycles. The smallest absolute Gasteiger partial charge is 0.225 e. The van der Waals surface area contributed by atoms with Gasteiger partial charge in [-0.15, -0.1) is 0 Å². The standard InChI is InChI=1S/C18H20N2O/c19-16-10-3-4-11-17(16)20-18(21)12-14-8-5-7-13-6-1-2-9-15(13)14/h1-4,6,9-11,14H,5,7-8,12,19H2,(H,20,21). The van der Waals surface area contributed by atoms with Crippen molar-refractivity contribution in [3.63, 3.8) is 0 Å². The van der Waals surface area contributed by atoms with Crippen LogP contribution in [0.1, 0.15) is 36.3 Å². The van der Waals surface area contributed by atoms with Gasteiger partial charge in [0, 0.05) is 6.42 Å². The van der Waals surface area contributed by atoms with Gasteiger partial charge in [0.2, 0.25) is 5.91 Å². The number of aryl methyl sites for hydroxylation is 1. The Balaban J connectivity index is 1.70. The zero-order valence-electron chi connectivity index (χ0n) is 12.0. The van der Waals surface area contributed by atoms with Crippen LogP contribution in [0.2, 0.25) is 0 Å². The Bertz CT molecular complexity index is 651. The largest absolute Gasteiger partial charge is 0.397 e. The van der Waals surface area contributed by atoms with E-state index in [-0.39, 0.29) is 5.91 Å². The lowest BCUT2D eigenvalue weighted by atomic mass is 9.81. The zero-order chi connectivity index (χ0) is 14.7. The van der Waals surface area contributed by atoms with Crippen molar-refractivity contribution in [2.24, 2.45) is 0 Å². The van der Waals surface area contributed by atoms with Gasteiger partial charge in [0.1, 0.15) is 0 Å². The van der Waals surface area contributed by atoms with Gasteiger partial charge in [-0.3, -0.25) is 4.79 Å². The summed E-state index contributed by atoms with van der Waals surface area (Å²) in [6.45, 7) is 0. The number of hydrogen-bond acceptors (Lipinski definition) is 2. The highest BCUT2D eigenvalue weighted by atomic mass is 16.1. The molecule has 0 saturated carbocycles. The molecule has 1 atom stereocenters. The molecule has 21 heavy (non-hydrogen) atoms. The van der Waals surface area contributed by atoms with E-state index in [1.807, 2.05) is 18.2 Å². The highest BCUT2D eigenvalue weighted by molar-refractivity contribution is 5.94. The Hall–Kier alpha value is -2.29. The Morgan fingerprint density at radius 2 is 1.90 bits per heavy atom. The molecule has 1 aliphatic rings. The van der Waals surface area contributed by atoms with Crippen LogP contribution in [0, 0.1) is 0 Å². The number of anilines is 2. The van der Waals surface area contributed by atoms with Crippen molar-refractivity contribution >= 4 is 17.3 Å². The Labute approximate surface area is 125 Å². The monoisotopic (exact) mass is 280 g/mol. The van der Waals surface area contributed by atoms with Gasteiger partial charge in [-0.05, 0) is 48.4 Å². The molecule has 0 fully saturated rings. The van der Waals surface area contributed by atoms with E-state index in [0.717, 1.165) is 19.3 Å². The number of benzene rings is 2. The molecule has 1 aliphatic carbocycles. The van der Waals surface area contributed by atoms with Gasteiger partial charge < -0.3 is 11.1 Å². The molecule has 3 N–H and O–H groups in total. The normalized spacial score (nSPS) is 17.0. The van der Waals surface area contributed by atoms with Crippen LogP contribution < -0.4 is 11.1 Å². The maximum atomic E-state index is 12.3. The van der Waals surface area contributed by atoms with Gasteiger partial charge >= 0.3 is 0 Å². The van der Waals surface area contributed by atoms with E-state index < -0.39 is 0 Å². The first-order chi connectivity index (χ1) is 10.2. The summed E-state index contributed by atoms with van der Waals surface area (Å²) in [6.07, 6.45) is 3.88. The van der Waals surface area contributed by atoms with Crippen LogP contribution in [-0.4, -0.2) is 5.91 Å². The molecule has 0 aromatic heterocycles. The van der Waals surface area contributed by atoms with Crippen molar-refractivity contribution in [2.45, 2.75) is 31.6 Å². The second kappa shape index (κ2) is 6.00. The van der Waals surface area contributed by atoms with E-state index in [2.05, 4.69) is 29.6 Å². The average Bonchev–Trinajstić information content (AvgIpc) is 2.50. The number of hydrogen-bond donors (Lipinski definition) is 2. The molecule has 3 nitrogen and oxygen atoms in total. The second-order valence-electron chi connectivity index (χ2n) is 5.63. The molecule has 0 spiro atoms. The van der Waals surface area contributed by atoms with Crippen LogP contribution in [0.25, 0.3) is 0 Å². The Kier molecular flexibility index (Phi) is 3.91. The van der Waals surface area contributed by atoms with E-state index >= 15 is 0 Å². The number of para-hydroxylation sites is 2. The first-order valence-electron chi connectivity index (χ1n) is 7.46. The zero-order valence-corrected chi connectivity index (χ0v) is 12.0. The predicted molar refractivity (Wildman–Crippen MR) is 86.2 cm³/mol. The second-order valence-corrected chi connectivity index (χ2v) is 5.63. The molecule has 2 aromatic rings. The van der Waals surface area contributed by atoms with Gasteiger partial charge in [-0.25, -0.2) is 0 Å². The summed E-state index contributed by atoms with van der Waals surface area (Å²) in [5, 5.41) is 2.92. The minimum absolute atomic E-state index is 0.0367. The fourth-order valence-electron chi connectivity index (χ4n) is 3.10. The molecule has 0 aliphatic heterocycles. The summed E-state index contributed by atoms with van der Waals surface area (Å²) in [5.74, 6) is 0.356. The Morgan fingerprint density at radius 1 is 1.14 bits per heavy atom. The molecule has 108 valence electrons. The number of amides is 1. The summed E-state index contributed by atoms with van der Waals surface area (Å²) in [6, 6.07) is 15.8. The van der Waals surface area contributed by atoms with E-state index in [0.29, 0.717) is 23.7 Å². The molecule has 0 radical (unpaired) electrons. The fourth-order valence-corrected chi connectivity index (χ4v) is 3.10. The Morgan fingerprint density at radius 3 is 2.76 bits per heavy atom. The predicted octanol–water partition coefficient (Wildman–Crippen LogP) is 3.72. The van der Waals surface area contributed by atoms with Crippen molar-refractivity contribution in [3.05, 3.63) is 59.7 Å². The highest BCUT2D eigenvalue weighted by Gasteiger charge is 2.22. The lowest BCUT2D eigenvalue weighted by molar-refractivity contribution is -0.116. The minimum atomic E-state index is 0.0367. The number of nitrogens with one attached hydrogen (secondary N) is 1. The summed E-state index contributed by atoms with van der Waals surface area (Å²) in [7, 11) is 0. The van der Waals surface area contributed by atoms with E-state index in [9.17, 15) is 4.79 Å². The van der Waals surface area contributed by atoms with Crippen LogP contribution in [0.4, 0.5) is 11.4 Å². The van der Waals surface area contributed by atoms with Crippen LogP contribution >= 0.6 is 0 Å². The van der Waals surface area contributed by atoms with Crippen molar-refractivity contribution in [2.75, 3.05) is 11.1 Å². The average molecular weight is 280 g/mol. The lowest BCUT2D eigenvalue weighted by Gasteiger charge is -2.25. The maximum Gasteiger partial charge on any atom is 0.225 e. The van der Waals surface area contributed by atoms with Gasteiger partial charge in [0.05, 0.1) is 11.4 Å². The molecule has 1 unspecified atom stereocenters. The third kappa shape index (κ3) is 3.07. The fraction of sp³-hybridized carbons (Fsp3) is 0.278. The first-order valence-corrected chi connectivity index (χ1v) is 7.46. The van der Waals surface area contributed by atoms with Gasteiger partial charge in [0.15, 0.2) is 0 Å². The highest BCUT2D eigenvalue weighted by Crippen LogP contribution is 2.34. The molecule has 3 rings (SSSR count). The maximum absolute atomic E-state index is 12.3. The quantitative estimate of drug-likeness (QED) is 0.842. The van der Waals surface area contributed by atoms with Crippen molar-refractivity contribution in [3.8, 4) is 0 Å². The lowest BCUT2D eigenvalue weighted by Crippen LogP contribution is -2.19. The number of rotatable bonds is 3. The van der Waals surface area contributed by atoms with Crippen molar-refractivity contribution < 1.29 is 4.79 Å². The summed E-state index contributed by atoms with van der Waals surface area (Å²) in [5.41, 5.74) is 9.89. The number of carbonyl (C=O) groups excluding carboxylic acids is 1. The van der Waals surface area contributed by atoms with E-state index in [1.165, 1.54) is 11.1 Å². The third-order valence-electron chi connectivity index (χ3n) is 4.16. The van der Waals surface area contributed by atoms with Gasteiger partial charge in [-0.2, -0.15) is 0 Å². The summed E-state index contributed by atoms with van der Waals surface area (Å²) >= 11 is 0. The van der Waals surface area contributed by atoms with Crippen LogP contribution in [0.15, 0.2) is 48.5 Å². The van der Waals surface area contributed by atoms with Crippen LogP contribution in [0.5, 0.6) is 0 Å². The molecule has 0 saturated heterocycles. The van der Waals surface area contributed by atoms with Crippen molar-refractivity contribution in [1.29, 1.82) is 0 Å². The topological polar surface area (TPSA) is 55.1 Å². The number of fused-ring (bicyclic) bond motifs is 1. The third-order valence-corrected chi connectivity index (χ3v) is 4.16. The van der Waals surface area contributed by atoms with Gasteiger partial charge in [0.25, 0.3) is 0 Å². The summed E-state index contributed by atoms with van der Waals surface area (Å²) < 4.78 is 0. The number of carbonyl (C=O) groups is 1. The molecule has 0 heterocycles. The van der Waals surface area contributed by atoms with Crippen LogP contribution in [-0.2, 0) is 11.2 Å². The molecule has 1 amide bonds. The number of nitrogens with two attached hydrogens (primary N) is 1. The molecule has 0 bridgehead atoms. The van der Waals surface area contributed by atoms with Crippen molar-refractivity contribution in [1.82, 2.24) is 0 Å². The molecular weight excluding hydrogens is 260 g/mol. The minimum Gasteiger partial charge on any atom is -0.397 e. The van der Waals surface area contributed by atoms with E-state index in [1.54, 1.807) is 6.07 Å².